The number of aliphatic hydroxyl groups is 1. The van der Waals surface area contributed by atoms with Gasteiger partial charge in [-0.3, -0.25) is 10.00 Å². The zero-order valence-electron chi connectivity index (χ0n) is 12.1. The van der Waals surface area contributed by atoms with Crippen molar-refractivity contribution in [3.05, 3.63) is 47.7 Å². The lowest BCUT2D eigenvalue weighted by Crippen LogP contribution is -2.32. The minimum absolute atomic E-state index is 0.0676. The molecule has 1 aromatic carbocycles. The Morgan fingerprint density at radius 3 is 2.74 bits per heavy atom. The van der Waals surface area contributed by atoms with Crippen molar-refractivity contribution in [1.29, 1.82) is 0 Å². The number of alkyl halides is 3. The second-order valence-electron chi connectivity index (χ2n) is 4.85. The fourth-order valence-corrected chi connectivity index (χ4v) is 1.87. The van der Waals surface area contributed by atoms with Crippen LogP contribution in [-0.4, -0.2) is 27.5 Å². The largest absolute Gasteiger partial charge is 0.416 e. The number of halogens is 3. The Labute approximate surface area is 129 Å². The zero-order valence-corrected chi connectivity index (χ0v) is 12.1. The summed E-state index contributed by atoms with van der Waals surface area (Å²) in [6.07, 6.45) is -4.11. The summed E-state index contributed by atoms with van der Waals surface area (Å²) in [5, 5.41) is 18.6. The van der Waals surface area contributed by atoms with Gasteiger partial charge in [0.05, 0.1) is 11.7 Å². The predicted octanol–water partition coefficient (Wildman–Crippen LogP) is 2.29. The first-order valence-electron chi connectivity index (χ1n) is 6.65. The molecule has 0 aliphatic rings. The summed E-state index contributed by atoms with van der Waals surface area (Å²) in [6.45, 7) is -0.236. The Bertz CT molecular complexity index is 685. The van der Waals surface area contributed by atoms with Crippen LogP contribution < -0.4 is 10.6 Å². The average Bonchev–Trinajstić information content (AvgIpc) is 2.89. The van der Waals surface area contributed by atoms with Gasteiger partial charge in [-0.25, -0.2) is 4.79 Å². The number of aliphatic hydroxyl groups excluding tert-OH is 1. The van der Waals surface area contributed by atoms with Gasteiger partial charge in [-0.05, 0) is 17.7 Å². The summed E-state index contributed by atoms with van der Waals surface area (Å²) < 4.78 is 39.4. The SMILES string of the molecule is Cn1ccc(NC(=O)NC[C@@H](O)c2cccc(C(F)(F)F)c2)n1. The summed E-state index contributed by atoms with van der Waals surface area (Å²) >= 11 is 0. The molecule has 0 fully saturated rings. The van der Waals surface area contributed by atoms with Gasteiger partial charge in [-0.1, -0.05) is 12.1 Å². The molecule has 2 rings (SSSR count). The number of nitrogens with one attached hydrogen (secondary N) is 2. The molecule has 0 spiro atoms. The second kappa shape index (κ2) is 6.69. The summed E-state index contributed by atoms with van der Waals surface area (Å²) in [5.41, 5.74) is -0.787. The van der Waals surface area contributed by atoms with Gasteiger partial charge in [0.25, 0.3) is 0 Å². The molecule has 0 saturated heterocycles. The van der Waals surface area contributed by atoms with Gasteiger partial charge in [0.1, 0.15) is 0 Å². The third-order valence-electron chi connectivity index (χ3n) is 3.01. The molecule has 6 nitrogen and oxygen atoms in total. The molecule has 0 aliphatic heterocycles. The van der Waals surface area contributed by atoms with Crippen molar-refractivity contribution < 1.29 is 23.1 Å². The van der Waals surface area contributed by atoms with Crippen molar-refractivity contribution in [2.24, 2.45) is 7.05 Å². The molecule has 0 bridgehead atoms. The number of aromatic nitrogens is 2. The maximum absolute atomic E-state index is 12.6. The van der Waals surface area contributed by atoms with Crippen molar-refractivity contribution in [3.63, 3.8) is 0 Å². The molecule has 9 heteroatoms. The third kappa shape index (κ3) is 4.71. The van der Waals surface area contributed by atoms with E-state index < -0.39 is 23.9 Å². The quantitative estimate of drug-likeness (QED) is 0.806. The van der Waals surface area contributed by atoms with E-state index in [0.29, 0.717) is 5.82 Å². The van der Waals surface area contributed by atoms with Crippen molar-refractivity contribution in [2.45, 2.75) is 12.3 Å². The first-order valence-corrected chi connectivity index (χ1v) is 6.65. The van der Waals surface area contributed by atoms with Gasteiger partial charge in [-0.15, -0.1) is 0 Å². The summed E-state index contributed by atoms with van der Waals surface area (Å²) in [4.78, 5) is 11.6. The maximum atomic E-state index is 12.6. The standard InChI is InChI=1S/C14H15F3N4O2/c1-21-6-5-12(20-21)19-13(23)18-8-11(22)9-3-2-4-10(7-9)14(15,16)17/h2-7,11,22H,8H2,1H3,(H2,18,19,20,23)/t11-/m1/s1. The van der Waals surface area contributed by atoms with E-state index in [4.69, 9.17) is 0 Å². The fourth-order valence-electron chi connectivity index (χ4n) is 1.87. The molecular formula is C14H15F3N4O2. The molecule has 1 aromatic heterocycles. The number of carbonyl (C=O) groups excluding carboxylic acids is 1. The topological polar surface area (TPSA) is 79.2 Å². The number of hydrogen-bond donors (Lipinski definition) is 3. The Morgan fingerprint density at radius 1 is 1.39 bits per heavy atom. The molecule has 2 amide bonds. The van der Waals surface area contributed by atoms with E-state index >= 15 is 0 Å². The Morgan fingerprint density at radius 2 is 2.13 bits per heavy atom. The van der Waals surface area contributed by atoms with Crippen LogP contribution in [0.15, 0.2) is 36.5 Å². The Kier molecular flexibility index (Phi) is 4.89. The molecule has 0 unspecified atom stereocenters. The van der Waals surface area contributed by atoms with Crippen molar-refractivity contribution in [3.8, 4) is 0 Å². The average molecular weight is 328 g/mol. The highest BCUT2D eigenvalue weighted by Gasteiger charge is 2.30. The number of aryl methyl sites for hydroxylation is 1. The first kappa shape index (κ1) is 16.8. The van der Waals surface area contributed by atoms with E-state index in [2.05, 4.69) is 15.7 Å². The highest BCUT2D eigenvalue weighted by atomic mass is 19.4. The van der Waals surface area contributed by atoms with E-state index in [0.717, 1.165) is 12.1 Å². The highest BCUT2D eigenvalue weighted by molar-refractivity contribution is 5.88. The molecule has 124 valence electrons. The van der Waals surface area contributed by atoms with E-state index in [9.17, 15) is 23.1 Å². The molecule has 1 heterocycles. The van der Waals surface area contributed by atoms with Gasteiger partial charge in [0.2, 0.25) is 0 Å². The predicted molar refractivity (Wildman–Crippen MR) is 76.6 cm³/mol. The van der Waals surface area contributed by atoms with Crippen LogP contribution in [0, 0.1) is 0 Å². The minimum atomic E-state index is -4.49. The lowest BCUT2D eigenvalue weighted by atomic mass is 10.1. The van der Waals surface area contributed by atoms with Crippen LogP contribution in [0.1, 0.15) is 17.2 Å². The highest BCUT2D eigenvalue weighted by Crippen LogP contribution is 2.30. The normalized spacial score (nSPS) is 12.7. The van der Waals surface area contributed by atoms with Crippen LogP contribution in [0.4, 0.5) is 23.8 Å². The number of hydrogen-bond acceptors (Lipinski definition) is 3. The smallest absolute Gasteiger partial charge is 0.387 e. The zero-order chi connectivity index (χ0) is 17.0. The fraction of sp³-hybridized carbons (Fsp3) is 0.286. The van der Waals surface area contributed by atoms with Crippen molar-refractivity contribution in [2.75, 3.05) is 11.9 Å². The number of urea groups is 1. The lowest BCUT2D eigenvalue weighted by molar-refractivity contribution is -0.137. The molecule has 0 saturated carbocycles. The van der Waals surface area contributed by atoms with Crippen LogP contribution >= 0.6 is 0 Å². The van der Waals surface area contributed by atoms with Crippen LogP contribution in [-0.2, 0) is 13.2 Å². The molecule has 0 aliphatic carbocycles. The number of anilines is 1. The molecule has 2 aromatic rings. The second-order valence-corrected chi connectivity index (χ2v) is 4.85. The number of amides is 2. The van der Waals surface area contributed by atoms with E-state index in [-0.39, 0.29) is 12.1 Å². The van der Waals surface area contributed by atoms with Crippen LogP contribution in [0.2, 0.25) is 0 Å². The monoisotopic (exact) mass is 328 g/mol. The molecule has 0 radical (unpaired) electrons. The van der Waals surface area contributed by atoms with Crippen molar-refractivity contribution in [1.82, 2.24) is 15.1 Å². The number of nitrogens with zero attached hydrogens (tertiary/aromatic N) is 2. The summed E-state index contributed by atoms with van der Waals surface area (Å²) in [5.74, 6) is 0.318. The van der Waals surface area contributed by atoms with Crippen molar-refractivity contribution >= 4 is 11.8 Å². The van der Waals surface area contributed by atoms with Gasteiger partial charge in [0.15, 0.2) is 5.82 Å². The van der Waals surface area contributed by atoms with Gasteiger partial charge in [-0.2, -0.15) is 18.3 Å². The van der Waals surface area contributed by atoms with E-state index in [1.807, 2.05) is 0 Å². The molecule has 23 heavy (non-hydrogen) atoms. The van der Waals surface area contributed by atoms with Crippen LogP contribution in [0.3, 0.4) is 0 Å². The van der Waals surface area contributed by atoms with E-state index in [1.165, 1.54) is 16.8 Å². The summed E-state index contributed by atoms with van der Waals surface area (Å²) in [7, 11) is 1.68. The van der Waals surface area contributed by atoms with Crippen LogP contribution in [0.25, 0.3) is 0 Å². The Hall–Kier alpha value is -2.55. The van der Waals surface area contributed by atoms with Gasteiger partial charge >= 0.3 is 12.2 Å². The van der Waals surface area contributed by atoms with Crippen LogP contribution in [0.5, 0.6) is 0 Å². The third-order valence-corrected chi connectivity index (χ3v) is 3.01. The lowest BCUT2D eigenvalue weighted by Gasteiger charge is -2.14. The molecule has 1 atom stereocenters. The minimum Gasteiger partial charge on any atom is -0.387 e. The summed E-state index contributed by atoms with van der Waals surface area (Å²) in [6, 6.07) is 5.28. The number of benzene rings is 1. The number of carbonyl (C=O) groups is 1. The van der Waals surface area contributed by atoms with E-state index in [1.54, 1.807) is 19.3 Å². The maximum Gasteiger partial charge on any atom is 0.416 e. The molecule has 3 N–H and O–H groups in total. The van der Waals surface area contributed by atoms with Gasteiger partial charge < -0.3 is 10.4 Å². The Balaban J connectivity index is 1.91. The van der Waals surface area contributed by atoms with Gasteiger partial charge in [0, 0.05) is 25.9 Å². The first-order chi connectivity index (χ1) is 10.8. The molecular weight excluding hydrogens is 313 g/mol. The number of rotatable bonds is 4.